The lowest BCUT2D eigenvalue weighted by atomic mass is 10.0. The molecule has 0 aliphatic rings. The lowest BCUT2D eigenvalue weighted by Crippen LogP contribution is -2.22. The summed E-state index contributed by atoms with van der Waals surface area (Å²) in [6, 6.07) is 8.37. The maximum Gasteiger partial charge on any atom is 0.262 e. The Kier molecular flexibility index (Phi) is 7.09. The highest BCUT2D eigenvalue weighted by molar-refractivity contribution is 7.89. The van der Waals surface area contributed by atoms with Gasteiger partial charge in [0.1, 0.15) is 5.75 Å². The lowest BCUT2D eigenvalue weighted by Gasteiger charge is -2.16. The summed E-state index contributed by atoms with van der Waals surface area (Å²) < 4.78 is 32.1. The molecule has 0 fully saturated rings. The molecule has 2 aromatic rings. The molecule has 152 valence electrons. The van der Waals surface area contributed by atoms with Crippen molar-refractivity contribution in [1.82, 2.24) is 4.72 Å². The first kappa shape index (κ1) is 22.2. The Labute approximate surface area is 171 Å². The molecule has 0 aliphatic carbocycles. The van der Waals surface area contributed by atoms with Crippen molar-refractivity contribution in [2.24, 2.45) is 0 Å². The number of hydrogen-bond acceptors (Lipinski definition) is 4. The van der Waals surface area contributed by atoms with Crippen LogP contribution in [0.2, 0.25) is 5.02 Å². The number of nitrogens with one attached hydrogen (secondary N) is 2. The molecule has 0 saturated heterocycles. The Bertz CT molecular complexity index is 988. The molecule has 0 heterocycles. The quantitative estimate of drug-likeness (QED) is 0.703. The van der Waals surface area contributed by atoms with Crippen LogP contribution in [0.4, 0.5) is 5.69 Å². The Morgan fingerprint density at radius 1 is 1.14 bits per heavy atom. The number of rotatable bonds is 7. The first-order chi connectivity index (χ1) is 13.0. The zero-order valence-electron chi connectivity index (χ0n) is 16.6. The minimum absolute atomic E-state index is 0.115. The fraction of sp³-hybridized carbons (Fsp3) is 0.350. The summed E-state index contributed by atoms with van der Waals surface area (Å²) in [5.74, 6) is 0.399. The van der Waals surface area contributed by atoms with Gasteiger partial charge in [0.05, 0.1) is 4.90 Å². The third-order valence-corrected chi connectivity index (χ3v) is 6.27. The van der Waals surface area contributed by atoms with Crippen LogP contribution in [-0.2, 0) is 14.8 Å². The third kappa shape index (κ3) is 5.25. The van der Waals surface area contributed by atoms with Crippen molar-refractivity contribution >= 4 is 33.2 Å². The van der Waals surface area contributed by atoms with E-state index in [9.17, 15) is 13.2 Å². The SMILES string of the molecule is CNS(=O)(=O)c1cc(NC(=O)COc2cc(C)c(Cl)cc2C(C)C)ccc1C. The normalized spacial score (nSPS) is 11.5. The van der Waals surface area contributed by atoms with E-state index in [1.165, 1.54) is 13.1 Å². The van der Waals surface area contributed by atoms with Gasteiger partial charge in [-0.05, 0) is 67.8 Å². The van der Waals surface area contributed by atoms with Crippen molar-refractivity contribution < 1.29 is 17.9 Å². The van der Waals surface area contributed by atoms with Gasteiger partial charge < -0.3 is 10.1 Å². The van der Waals surface area contributed by atoms with Crippen LogP contribution < -0.4 is 14.8 Å². The molecule has 28 heavy (non-hydrogen) atoms. The second kappa shape index (κ2) is 8.94. The standard InChI is InChI=1S/C20H25ClN2O4S/c1-12(2)16-10-17(21)14(4)8-18(16)27-11-20(24)23-15-7-6-13(3)19(9-15)28(25,26)22-5/h6-10,12,22H,11H2,1-5H3,(H,23,24). The summed E-state index contributed by atoms with van der Waals surface area (Å²) in [7, 11) is -2.27. The highest BCUT2D eigenvalue weighted by Gasteiger charge is 2.16. The average molecular weight is 425 g/mol. The summed E-state index contributed by atoms with van der Waals surface area (Å²) in [6.45, 7) is 7.39. The fourth-order valence-electron chi connectivity index (χ4n) is 2.66. The van der Waals surface area contributed by atoms with Crippen molar-refractivity contribution in [3.63, 3.8) is 0 Å². The minimum atomic E-state index is -3.61. The number of hydrogen-bond donors (Lipinski definition) is 2. The molecule has 0 atom stereocenters. The smallest absolute Gasteiger partial charge is 0.262 e. The molecule has 2 rings (SSSR count). The van der Waals surface area contributed by atoms with Gasteiger partial charge in [0, 0.05) is 10.7 Å². The number of anilines is 1. The second-order valence-corrected chi connectivity index (χ2v) is 9.08. The van der Waals surface area contributed by atoms with E-state index in [0.29, 0.717) is 22.0 Å². The molecule has 1 amide bonds. The second-order valence-electron chi connectivity index (χ2n) is 6.82. The number of halogens is 1. The van der Waals surface area contributed by atoms with E-state index >= 15 is 0 Å². The van der Waals surface area contributed by atoms with Gasteiger partial charge in [-0.3, -0.25) is 4.79 Å². The number of carbonyl (C=O) groups is 1. The maximum absolute atomic E-state index is 12.3. The molecule has 2 N–H and O–H groups in total. The van der Waals surface area contributed by atoms with Crippen molar-refractivity contribution in [3.05, 3.63) is 52.0 Å². The van der Waals surface area contributed by atoms with Gasteiger partial charge in [-0.25, -0.2) is 13.1 Å². The Hall–Kier alpha value is -2.09. The zero-order chi connectivity index (χ0) is 21.1. The van der Waals surface area contributed by atoms with E-state index in [0.717, 1.165) is 11.1 Å². The fourth-order valence-corrected chi connectivity index (χ4v) is 3.83. The van der Waals surface area contributed by atoms with E-state index in [4.69, 9.17) is 16.3 Å². The van der Waals surface area contributed by atoms with Crippen LogP contribution in [0.5, 0.6) is 5.75 Å². The Balaban J connectivity index is 2.14. The van der Waals surface area contributed by atoms with E-state index in [-0.39, 0.29) is 23.3 Å². The molecule has 2 aromatic carbocycles. The summed E-state index contributed by atoms with van der Waals surface area (Å²) in [5.41, 5.74) is 2.74. The van der Waals surface area contributed by atoms with Gasteiger partial charge in [-0.15, -0.1) is 0 Å². The Morgan fingerprint density at radius 3 is 2.43 bits per heavy atom. The molecule has 0 aromatic heterocycles. The number of ether oxygens (including phenoxy) is 1. The molecule has 0 unspecified atom stereocenters. The van der Waals surface area contributed by atoms with Crippen LogP contribution in [0.1, 0.15) is 36.5 Å². The van der Waals surface area contributed by atoms with Crippen LogP contribution in [0.25, 0.3) is 0 Å². The number of amides is 1. The van der Waals surface area contributed by atoms with Gasteiger partial charge in [-0.2, -0.15) is 0 Å². The van der Waals surface area contributed by atoms with Crippen molar-refractivity contribution in [2.75, 3.05) is 19.0 Å². The first-order valence-electron chi connectivity index (χ1n) is 8.82. The lowest BCUT2D eigenvalue weighted by molar-refractivity contribution is -0.118. The topological polar surface area (TPSA) is 84.5 Å². The number of aryl methyl sites for hydroxylation is 2. The molecule has 0 saturated carbocycles. The average Bonchev–Trinajstić information content (AvgIpc) is 2.63. The molecule has 0 spiro atoms. The van der Waals surface area contributed by atoms with Crippen LogP contribution in [0, 0.1) is 13.8 Å². The molecule has 8 heteroatoms. The number of sulfonamides is 1. The van der Waals surface area contributed by atoms with Crippen LogP contribution in [0.3, 0.4) is 0 Å². The maximum atomic E-state index is 12.3. The molecule has 0 radical (unpaired) electrons. The summed E-state index contributed by atoms with van der Waals surface area (Å²) in [4.78, 5) is 12.4. The predicted molar refractivity (Wildman–Crippen MR) is 112 cm³/mol. The van der Waals surface area contributed by atoms with Crippen molar-refractivity contribution in [3.8, 4) is 5.75 Å². The predicted octanol–water partition coefficient (Wildman–Crippen LogP) is 4.01. The van der Waals surface area contributed by atoms with E-state index in [2.05, 4.69) is 10.0 Å². The van der Waals surface area contributed by atoms with E-state index < -0.39 is 10.0 Å². The van der Waals surface area contributed by atoms with Gasteiger partial charge >= 0.3 is 0 Å². The summed E-state index contributed by atoms with van der Waals surface area (Å²) in [5, 5.41) is 3.32. The monoisotopic (exact) mass is 424 g/mol. The Morgan fingerprint density at radius 2 is 1.82 bits per heavy atom. The highest BCUT2D eigenvalue weighted by Crippen LogP contribution is 2.32. The van der Waals surface area contributed by atoms with Gasteiger partial charge in [0.25, 0.3) is 5.91 Å². The van der Waals surface area contributed by atoms with Gasteiger partial charge in [-0.1, -0.05) is 31.5 Å². The zero-order valence-corrected chi connectivity index (χ0v) is 18.2. The highest BCUT2D eigenvalue weighted by atomic mass is 35.5. The van der Waals surface area contributed by atoms with Crippen LogP contribution in [-0.4, -0.2) is 28.0 Å². The third-order valence-electron chi connectivity index (χ3n) is 4.30. The number of benzene rings is 2. The molecule has 6 nitrogen and oxygen atoms in total. The molecular weight excluding hydrogens is 400 g/mol. The van der Waals surface area contributed by atoms with E-state index in [1.807, 2.05) is 32.9 Å². The largest absolute Gasteiger partial charge is 0.483 e. The van der Waals surface area contributed by atoms with Crippen molar-refractivity contribution in [2.45, 2.75) is 38.5 Å². The number of carbonyl (C=O) groups excluding carboxylic acids is 1. The van der Waals surface area contributed by atoms with Gasteiger partial charge in [0.15, 0.2) is 6.61 Å². The summed E-state index contributed by atoms with van der Waals surface area (Å²) >= 11 is 6.19. The van der Waals surface area contributed by atoms with Crippen LogP contribution in [0.15, 0.2) is 35.2 Å². The van der Waals surface area contributed by atoms with E-state index in [1.54, 1.807) is 19.1 Å². The first-order valence-corrected chi connectivity index (χ1v) is 10.7. The molecule has 0 aliphatic heterocycles. The molecular formula is C20H25ClN2O4S. The summed E-state index contributed by atoms with van der Waals surface area (Å²) in [6.07, 6.45) is 0. The molecule has 0 bridgehead atoms. The minimum Gasteiger partial charge on any atom is -0.483 e. The van der Waals surface area contributed by atoms with Crippen molar-refractivity contribution in [1.29, 1.82) is 0 Å². The van der Waals surface area contributed by atoms with Crippen LogP contribution >= 0.6 is 11.6 Å². The van der Waals surface area contributed by atoms with Gasteiger partial charge in [0.2, 0.25) is 10.0 Å².